The van der Waals surface area contributed by atoms with Crippen molar-refractivity contribution in [2.24, 2.45) is 0 Å². The fourth-order valence-corrected chi connectivity index (χ4v) is 1.31. The van der Waals surface area contributed by atoms with Gasteiger partial charge in [0.05, 0.1) is 12.2 Å². The normalized spacial score (nSPS) is 9.53. The van der Waals surface area contributed by atoms with Gasteiger partial charge in [0.25, 0.3) is 0 Å². The summed E-state index contributed by atoms with van der Waals surface area (Å²) in [5, 5.41) is 7.24. The summed E-state index contributed by atoms with van der Waals surface area (Å²) in [6.45, 7) is 0.543. The molecule has 74 valence electrons. The summed E-state index contributed by atoms with van der Waals surface area (Å²) in [6.07, 6.45) is 8.82. The van der Waals surface area contributed by atoms with Crippen molar-refractivity contribution in [3.05, 3.63) is 42.7 Å². The number of nitrogens with one attached hydrogen (secondary N) is 1. The van der Waals surface area contributed by atoms with Gasteiger partial charge in [-0.3, -0.25) is 0 Å². The number of benzene rings is 1. The Kier molecular flexibility index (Phi) is 2.70. The quantitative estimate of drug-likeness (QED) is 0.762. The highest BCUT2D eigenvalue weighted by molar-refractivity contribution is 5.49. The average Bonchev–Trinajstić information content (AvgIpc) is 2.80. The van der Waals surface area contributed by atoms with Crippen molar-refractivity contribution >= 4 is 5.69 Å². The molecule has 3 nitrogen and oxygen atoms in total. The standard InChI is InChI=1S/C12H11N3/c1-2-8-13-11-4-6-12(7-5-11)15-10-3-9-14-15/h1,3-7,9-10,13H,8H2. The Balaban J connectivity index is 2.15. The molecule has 1 heterocycles. The summed E-state index contributed by atoms with van der Waals surface area (Å²) < 4.78 is 1.81. The molecule has 0 radical (unpaired) electrons. The molecule has 0 saturated heterocycles. The third-order valence-electron chi connectivity index (χ3n) is 2.03. The summed E-state index contributed by atoms with van der Waals surface area (Å²) >= 11 is 0. The number of terminal acetylenes is 1. The molecule has 0 amide bonds. The minimum atomic E-state index is 0.543. The van der Waals surface area contributed by atoms with Crippen LogP contribution in [0.2, 0.25) is 0 Å². The first kappa shape index (κ1) is 9.35. The van der Waals surface area contributed by atoms with Gasteiger partial charge < -0.3 is 5.32 Å². The molecule has 1 aromatic carbocycles. The minimum absolute atomic E-state index is 0.543. The number of anilines is 1. The van der Waals surface area contributed by atoms with Crippen LogP contribution in [-0.4, -0.2) is 16.3 Å². The van der Waals surface area contributed by atoms with E-state index in [0.717, 1.165) is 11.4 Å². The zero-order chi connectivity index (χ0) is 10.5. The molecule has 0 saturated carbocycles. The van der Waals surface area contributed by atoms with Crippen LogP contribution in [-0.2, 0) is 0 Å². The van der Waals surface area contributed by atoms with E-state index in [4.69, 9.17) is 6.42 Å². The van der Waals surface area contributed by atoms with E-state index in [1.807, 2.05) is 41.2 Å². The van der Waals surface area contributed by atoms with Crippen molar-refractivity contribution in [2.75, 3.05) is 11.9 Å². The molecule has 1 aromatic heterocycles. The highest BCUT2D eigenvalue weighted by atomic mass is 15.3. The first-order chi connectivity index (χ1) is 7.40. The number of aromatic nitrogens is 2. The van der Waals surface area contributed by atoms with Gasteiger partial charge in [0.15, 0.2) is 0 Å². The van der Waals surface area contributed by atoms with E-state index in [1.165, 1.54) is 0 Å². The zero-order valence-corrected chi connectivity index (χ0v) is 8.22. The van der Waals surface area contributed by atoms with Crippen LogP contribution in [0.15, 0.2) is 42.7 Å². The molecule has 0 fully saturated rings. The van der Waals surface area contributed by atoms with Crippen LogP contribution in [0.3, 0.4) is 0 Å². The van der Waals surface area contributed by atoms with Crippen molar-refractivity contribution in [1.82, 2.24) is 9.78 Å². The molecule has 0 atom stereocenters. The lowest BCUT2D eigenvalue weighted by Gasteiger charge is -2.04. The minimum Gasteiger partial charge on any atom is -0.374 e. The van der Waals surface area contributed by atoms with E-state index >= 15 is 0 Å². The molecular formula is C12H11N3. The molecule has 0 aliphatic carbocycles. The van der Waals surface area contributed by atoms with Gasteiger partial charge in [-0.2, -0.15) is 5.10 Å². The summed E-state index contributed by atoms with van der Waals surface area (Å²) in [7, 11) is 0. The molecule has 3 heteroatoms. The smallest absolute Gasteiger partial charge is 0.0763 e. The summed E-state index contributed by atoms with van der Waals surface area (Å²) in [6, 6.07) is 9.84. The van der Waals surface area contributed by atoms with Gasteiger partial charge in [-0.15, -0.1) is 6.42 Å². The first-order valence-corrected chi connectivity index (χ1v) is 4.67. The monoisotopic (exact) mass is 197 g/mol. The second-order valence-corrected chi connectivity index (χ2v) is 3.06. The van der Waals surface area contributed by atoms with Crippen LogP contribution in [0, 0.1) is 12.3 Å². The van der Waals surface area contributed by atoms with Gasteiger partial charge >= 0.3 is 0 Å². The summed E-state index contributed by atoms with van der Waals surface area (Å²) in [5.41, 5.74) is 2.05. The number of hydrogen-bond acceptors (Lipinski definition) is 2. The second-order valence-electron chi connectivity index (χ2n) is 3.06. The van der Waals surface area contributed by atoms with E-state index in [2.05, 4.69) is 16.3 Å². The molecular weight excluding hydrogens is 186 g/mol. The second kappa shape index (κ2) is 4.34. The van der Waals surface area contributed by atoms with E-state index in [9.17, 15) is 0 Å². The number of nitrogens with zero attached hydrogens (tertiary/aromatic N) is 2. The molecule has 0 spiro atoms. The predicted molar refractivity (Wildman–Crippen MR) is 60.9 cm³/mol. The lowest BCUT2D eigenvalue weighted by atomic mass is 10.3. The Bertz CT molecular complexity index is 449. The maximum Gasteiger partial charge on any atom is 0.0763 e. The largest absolute Gasteiger partial charge is 0.374 e. The van der Waals surface area contributed by atoms with Gasteiger partial charge in [0.2, 0.25) is 0 Å². The van der Waals surface area contributed by atoms with E-state index in [1.54, 1.807) is 6.20 Å². The van der Waals surface area contributed by atoms with Crippen molar-refractivity contribution in [1.29, 1.82) is 0 Å². The van der Waals surface area contributed by atoms with Crippen LogP contribution < -0.4 is 5.32 Å². The average molecular weight is 197 g/mol. The van der Waals surface area contributed by atoms with E-state index < -0.39 is 0 Å². The molecule has 2 rings (SSSR count). The summed E-state index contributed by atoms with van der Waals surface area (Å²) in [4.78, 5) is 0. The van der Waals surface area contributed by atoms with Crippen molar-refractivity contribution < 1.29 is 0 Å². The predicted octanol–water partition coefficient (Wildman–Crippen LogP) is 1.92. The van der Waals surface area contributed by atoms with Crippen LogP contribution in [0.1, 0.15) is 0 Å². The van der Waals surface area contributed by atoms with Crippen LogP contribution in [0.25, 0.3) is 5.69 Å². The Morgan fingerprint density at radius 3 is 2.73 bits per heavy atom. The van der Waals surface area contributed by atoms with Crippen molar-refractivity contribution in [3.8, 4) is 18.0 Å². The van der Waals surface area contributed by atoms with Gasteiger partial charge in [-0.1, -0.05) is 5.92 Å². The maximum absolute atomic E-state index is 5.16. The number of hydrogen-bond donors (Lipinski definition) is 1. The molecule has 15 heavy (non-hydrogen) atoms. The molecule has 2 aromatic rings. The Hall–Kier alpha value is -2.21. The van der Waals surface area contributed by atoms with Gasteiger partial charge in [0, 0.05) is 18.1 Å². The topological polar surface area (TPSA) is 29.9 Å². The van der Waals surface area contributed by atoms with Crippen LogP contribution in [0.5, 0.6) is 0 Å². The van der Waals surface area contributed by atoms with E-state index in [0.29, 0.717) is 6.54 Å². The molecule has 1 N–H and O–H groups in total. The Morgan fingerprint density at radius 2 is 2.13 bits per heavy atom. The fourth-order valence-electron chi connectivity index (χ4n) is 1.31. The van der Waals surface area contributed by atoms with Crippen molar-refractivity contribution in [2.45, 2.75) is 0 Å². The molecule has 0 aliphatic heterocycles. The zero-order valence-electron chi connectivity index (χ0n) is 8.22. The highest BCUT2D eigenvalue weighted by Crippen LogP contribution is 2.11. The van der Waals surface area contributed by atoms with E-state index in [-0.39, 0.29) is 0 Å². The SMILES string of the molecule is C#CCNc1ccc(-n2cccn2)cc1. The van der Waals surface area contributed by atoms with Crippen LogP contribution in [0.4, 0.5) is 5.69 Å². The lowest BCUT2D eigenvalue weighted by Crippen LogP contribution is -1.99. The Labute approximate surface area is 88.7 Å². The third kappa shape index (κ3) is 2.18. The third-order valence-corrected chi connectivity index (χ3v) is 2.03. The maximum atomic E-state index is 5.16. The van der Waals surface area contributed by atoms with Crippen molar-refractivity contribution in [3.63, 3.8) is 0 Å². The summed E-state index contributed by atoms with van der Waals surface area (Å²) in [5.74, 6) is 2.53. The fraction of sp³-hybridized carbons (Fsp3) is 0.0833. The van der Waals surface area contributed by atoms with Crippen LogP contribution >= 0.6 is 0 Å². The molecule has 0 bridgehead atoms. The highest BCUT2D eigenvalue weighted by Gasteiger charge is 1.95. The van der Waals surface area contributed by atoms with Gasteiger partial charge in [0.1, 0.15) is 0 Å². The Morgan fingerprint density at radius 1 is 1.33 bits per heavy atom. The van der Waals surface area contributed by atoms with Gasteiger partial charge in [-0.25, -0.2) is 4.68 Å². The lowest BCUT2D eigenvalue weighted by molar-refractivity contribution is 0.881. The number of rotatable bonds is 3. The molecule has 0 unspecified atom stereocenters. The molecule has 0 aliphatic rings. The van der Waals surface area contributed by atoms with Gasteiger partial charge in [-0.05, 0) is 30.3 Å². The first-order valence-electron chi connectivity index (χ1n) is 4.67.